The third-order valence-electron chi connectivity index (χ3n) is 3.00. The zero-order chi connectivity index (χ0) is 11.8. The van der Waals surface area contributed by atoms with E-state index in [1.165, 1.54) is 0 Å². The van der Waals surface area contributed by atoms with Crippen LogP contribution in [0.4, 0.5) is 0 Å². The van der Waals surface area contributed by atoms with E-state index in [9.17, 15) is 9.59 Å². The van der Waals surface area contributed by atoms with Crippen molar-refractivity contribution in [1.82, 2.24) is 0 Å². The molecular formula is C12H20O4. The smallest absolute Gasteiger partial charge is 0.308 e. The van der Waals surface area contributed by atoms with Crippen LogP contribution in [-0.4, -0.2) is 25.2 Å². The van der Waals surface area contributed by atoms with Crippen LogP contribution >= 0.6 is 0 Å². The second-order valence-corrected chi connectivity index (χ2v) is 4.23. The largest absolute Gasteiger partial charge is 0.465 e. The van der Waals surface area contributed by atoms with Crippen LogP contribution in [0.5, 0.6) is 0 Å². The van der Waals surface area contributed by atoms with Crippen molar-refractivity contribution in [3.05, 3.63) is 0 Å². The molecule has 0 bridgehead atoms. The van der Waals surface area contributed by atoms with Crippen molar-refractivity contribution in [3.63, 3.8) is 0 Å². The van der Waals surface area contributed by atoms with Gasteiger partial charge in [0.25, 0.3) is 6.47 Å². The van der Waals surface area contributed by atoms with Crippen molar-refractivity contribution in [3.8, 4) is 0 Å². The first kappa shape index (κ1) is 13.0. The average molecular weight is 228 g/mol. The van der Waals surface area contributed by atoms with Gasteiger partial charge in [0, 0.05) is 0 Å². The molecule has 4 heteroatoms. The lowest BCUT2D eigenvalue weighted by Crippen LogP contribution is -2.27. The van der Waals surface area contributed by atoms with Gasteiger partial charge in [0.2, 0.25) is 0 Å². The normalized spacial score (nSPS) is 24.8. The lowest BCUT2D eigenvalue weighted by atomic mass is 9.87. The molecule has 0 aromatic rings. The molecule has 92 valence electrons. The Morgan fingerprint density at radius 1 is 1.31 bits per heavy atom. The maximum Gasteiger partial charge on any atom is 0.308 e. The fourth-order valence-electron chi connectivity index (χ4n) is 1.95. The Morgan fingerprint density at radius 2 is 2.00 bits per heavy atom. The molecule has 0 aromatic heterocycles. The number of esters is 1. The van der Waals surface area contributed by atoms with Crippen LogP contribution in [-0.2, 0) is 19.1 Å². The molecule has 1 fully saturated rings. The SMILES string of the molecule is CCCCOC(=O)C1CCC(OC=O)CC1. The standard InChI is InChI=1S/C12H20O4/c1-2-3-8-15-12(14)10-4-6-11(7-5-10)16-9-13/h9-11H,2-8H2,1H3. The molecule has 0 unspecified atom stereocenters. The molecule has 0 atom stereocenters. The second kappa shape index (κ2) is 7.25. The molecule has 0 aromatic carbocycles. The fraction of sp³-hybridized carbons (Fsp3) is 0.833. The molecule has 1 saturated carbocycles. The van der Waals surface area contributed by atoms with Gasteiger partial charge in [-0.15, -0.1) is 0 Å². The molecule has 0 amide bonds. The number of hydrogen-bond acceptors (Lipinski definition) is 4. The summed E-state index contributed by atoms with van der Waals surface area (Å²) in [5.41, 5.74) is 0. The topological polar surface area (TPSA) is 52.6 Å². The lowest BCUT2D eigenvalue weighted by molar-refractivity contribution is -0.151. The monoisotopic (exact) mass is 228 g/mol. The molecular weight excluding hydrogens is 208 g/mol. The Morgan fingerprint density at radius 3 is 2.56 bits per heavy atom. The summed E-state index contributed by atoms with van der Waals surface area (Å²) in [6.07, 6.45) is 5.03. The van der Waals surface area contributed by atoms with E-state index in [0.29, 0.717) is 13.1 Å². The maximum absolute atomic E-state index is 11.6. The van der Waals surface area contributed by atoms with E-state index in [2.05, 4.69) is 6.92 Å². The van der Waals surface area contributed by atoms with Gasteiger partial charge < -0.3 is 9.47 Å². The Balaban J connectivity index is 2.19. The van der Waals surface area contributed by atoms with Gasteiger partial charge in [0.15, 0.2) is 0 Å². The average Bonchev–Trinajstić information content (AvgIpc) is 2.30. The molecule has 1 aliphatic carbocycles. The van der Waals surface area contributed by atoms with Gasteiger partial charge in [0.05, 0.1) is 12.5 Å². The molecule has 0 N–H and O–H groups in total. The Labute approximate surface area is 96.3 Å². The van der Waals surface area contributed by atoms with E-state index in [-0.39, 0.29) is 18.0 Å². The molecule has 1 aliphatic rings. The third kappa shape index (κ3) is 4.21. The van der Waals surface area contributed by atoms with E-state index in [0.717, 1.165) is 38.5 Å². The summed E-state index contributed by atoms with van der Waals surface area (Å²) < 4.78 is 10.0. The highest BCUT2D eigenvalue weighted by molar-refractivity contribution is 5.72. The van der Waals surface area contributed by atoms with Gasteiger partial charge in [-0.3, -0.25) is 9.59 Å². The van der Waals surface area contributed by atoms with Crippen molar-refractivity contribution in [2.75, 3.05) is 6.61 Å². The van der Waals surface area contributed by atoms with Crippen molar-refractivity contribution in [2.24, 2.45) is 5.92 Å². The number of ether oxygens (including phenoxy) is 2. The summed E-state index contributed by atoms with van der Waals surface area (Å²) in [5.74, 6) is -0.0821. The highest BCUT2D eigenvalue weighted by Gasteiger charge is 2.27. The summed E-state index contributed by atoms with van der Waals surface area (Å²) in [4.78, 5) is 21.8. The Kier molecular flexibility index (Phi) is 5.90. The lowest BCUT2D eigenvalue weighted by Gasteiger charge is -2.25. The van der Waals surface area contributed by atoms with Crippen LogP contribution in [0.1, 0.15) is 45.4 Å². The first-order valence-electron chi connectivity index (χ1n) is 6.03. The van der Waals surface area contributed by atoms with Gasteiger partial charge in [-0.2, -0.15) is 0 Å². The minimum absolute atomic E-state index is 0.00260. The predicted molar refractivity (Wildman–Crippen MR) is 58.8 cm³/mol. The molecule has 0 heterocycles. The van der Waals surface area contributed by atoms with Crippen LogP contribution in [0.25, 0.3) is 0 Å². The van der Waals surface area contributed by atoms with Gasteiger partial charge in [-0.1, -0.05) is 13.3 Å². The molecule has 1 rings (SSSR count). The van der Waals surface area contributed by atoms with Gasteiger partial charge in [-0.05, 0) is 32.1 Å². The number of carbonyl (C=O) groups is 2. The van der Waals surface area contributed by atoms with Crippen molar-refractivity contribution >= 4 is 12.4 Å². The minimum Gasteiger partial charge on any atom is -0.465 e. The van der Waals surface area contributed by atoms with Crippen molar-refractivity contribution in [1.29, 1.82) is 0 Å². The third-order valence-corrected chi connectivity index (χ3v) is 3.00. The summed E-state index contributed by atoms with van der Waals surface area (Å²) in [5, 5.41) is 0. The maximum atomic E-state index is 11.6. The zero-order valence-corrected chi connectivity index (χ0v) is 9.81. The number of unbranched alkanes of at least 4 members (excludes halogenated alkanes) is 1. The van der Waals surface area contributed by atoms with Crippen LogP contribution in [0.3, 0.4) is 0 Å². The van der Waals surface area contributed by atoms with E-state index in [4.69, 9.17) is 9.47 Å². The first-order valence-corrected chi connectivity index (χ1v) is 6.03. The number of carbonyl (C=O) groups excluding carboxylic acids is 2. The number of hydrogen-bond donors (Lipinski definition) is 0. The molecule has 16 heavy (non-hydrogen) atoms. The fourth-order valence-corrected chi connectivity index (χ4v) is 1.95. The first-order chi connectivity index (χ1) is 7.77. The second-order valence-electron chi connectivity index (χ2n) is 4.23. The molecule has 0 aliphatic heterocycles. The number of rotatable bonds is 6. The summed E-state index contributed by atoms with van der Waals surface area (Å²) in [6, 6.07) is 0. The van der Waals surface area contributed by atoms with Gasteiger partial charge in [0.1, 0.15) is 6.10 Å². The van der Waals surface area contributed by atoms with E-state index in [1.807, 2.05) is 0 Å². The molecule has 0 radical (unpaired) electrons. The highest BCUT2D eigenvalue weighted by Crippen LogP contribution is 2.26. The summed E-state index contributed by atoms with van der Waals surface area (Å²) in [6.45, 7) is 3.08. The zero-order valence-electron chi connectivity index (χ0n) is 9.81. The summed E-state index contributed by atoms with van der Waals surface area (Å²) in [7, 11) is 0. The van der Waals surface area contributed by atoms with Crippen LogP contribution in [0.15, 0.2) is 0 Å². The van der Waals surface area contributed by atoms with Crippen molar-refractivity contribution in [2.45, 2.75) is 51.6 Å². The van der Waals surface area contributed by atoms with Crippen LogP contribution < -0.4 is 0 Å². The quantitative estimate of drug-likeness (QED) is 0.396. The van der Waals surface area contributed by atoms with E-state index < -0.39 is 0 Å². The molecule has 0 spiro atoms. The van der Waals surface area contributed by atoms with Gasteiger partial charge >= 0.3 is 5.97 Å². The molecule has 4 nitrogen and oxygen atoms in total. The highest BCUT2D eigenvalue weighted by atomic mass is 16.5. The Hall–Kier alpha value is -1.06. The predicted octanol–water partition coefficient (Wildman–Crippen LogP) is 2.06. The molecule has 0 saturated heterocycles. The van der Waals surface area contributed by atoms with Crippen LogP contribution in [0, 0.1) is 5.92 Å². The minimum atomic E-state index is -0.0852. The van der Waals surface area contributed by atoms with Gasteiger partial charge in [-0.25, -0.2) is 0 Å². The van der Waals surface area contributed by atoms with Crippen molar-refractivity contribution < 1.29 is 19.1 Å². The van der Waals surface area contributed by atoms with E-state index in [1.54, 1.807) is 0 Å². The van der Waals surface area contributed by atoms with Crippen LogP contribution in [0.2, 0.25) is 0 Å². The summed E-state index contributed by atoms with van der Waals surface area (Å²) >= 11 is 0. The Bertz CT molecular complexity index is 219. The van der Waals surface area contributed by atoms with E-state index >= 15 is 0 Å².